The molecule has 3 aromatic carbocycles. The van der Waals surface area contributed by atoms with Crippen molar-refractivity contribution >= 4 is 10.9 Å². The van der Waals surface area contributed by atoms with Crippen molar-refractivity contribution in [1.29, 1.82) is 0 Å². The number of rotatable bonds is 8. The van der Waals surface area contributed by atoms with Gasteiger partial charge in [0.2, 0.25) is 0 Å². The molecular formula is C27H28N2O3. The number of nitrogens with two attached hydrogens (primary N) is 1. The first-order chi connectivity index (χ1) is 15.8. The number of hydrogen-bond acceptors (Lipinski definition) is 4. The fourth-order valence-corrected chi connectivity index (χ4v) is 4.21. The topological polar surface area (TPSA) is 69.5 Å². The minimum Gasteiger partial charge on any atom is -0.489 e. The van der Waals surface area contributed by atoms with E-state index in [0.29, 0.717) is 26.4 Å². The Morgan fingerprint density at radius 3 is 2.56 bits per heavy atom. The standard InChI is InChI=1S/C27H28N2O3/c28-13-5-4-8-22-23-17-21(32-18-19-6-2-1-3-7-19)10-11-24(23)29-27(22)20-9-12-25-26(16-20)31-15-14-30-25/h1-3,6-7,9-12,16-17,29H,4-5,8,13-15,18,28H2. The summed E-state index contributed by atoms with van der Waals surface area (Å²) in [5.74, 6) is 2.47. The van der Waals surface area contributed by atoms with Gasteiger partial charge in [0, 0.05) is 22.2 Å². The number of benzene rings is 3. The molecule has 0 aliphatic carbocycles. The first kappa shape index (κ1) is 20.5. The highest BCUT2D eigenvalue weighted by Crippen LogP contribution is 2.38. The molecule has 1 aliphatic heterocycles. The molecule has 0 fully saturated rings. The first-order valence-electron chi connectivity index (χ1n) is 11.2. The highest BCUT2D eigenvalue weighted by atomic mass is 16.6. The summed E-state index contributed by atoms with van der Waals surface area (Å²) in [6, 6.07) is 22.7. The molecule has 0 radical (unpaired) electrons. The van der Waals surface area contributed by atoms with Crippen molar-refractivity contribution in [2.45, 2.75) is 25.9 Å². The maximum Gasteiger partial charge on any atom is 0.162 e. The average molecular weight is 429 g/mol. The quantitative estimate of drug-likeness (QED) is 0.365. The second kappa shape index (κ2) is 9.37. The van der Waals surface area contributed by atoms with Gasteiger partial charge in [-0.2, -0.15) is 0 Å². The van der Waals surface area contributed by atoms with Crippen molar-refractivity contribution in [3.63, 3.8) is 0 Å². The number of fused-ring (bicyclic) bond motifs is 2. The molecular weight excluding hydrogens is 400 g/mol. The lowest BCUT2D eigenvalue weighted by atomic mass is 10.00. The lowest BCUT2D eigenvalue weighted by Crippen LogP contribution is -2.15. The lowest BCUT2D eigenvalue weighted by molar-refractivity contribution is 0.171. The van der Waals surface area contributed by atoms with Crippen LogP contribution in [0.3, 0.4) is 0 Å². The molecule has 1 aliphatic rings. The van der Waals surface area contributed by atoms with Gasteiger partial charge >= 0.3 is 0 Å². The Bertz CT molecular complexity index is 1200. The van der Waals surface area contributed by atoms with Gasteiger partial charge < -0.3 is 24.9 Å². The number of nitrogens with one attached hydrogen (secondary N) is 1. The second-order valence-electron chi connectivity index (χ2n) is 8.06. The number of hydrogen-bond donors (Lipinski definition) is 2. The van der Waals surface area contributed by atoms with Gasteiger partial charge in [-0.25, -0.2) is 0 Å². The molecule has 5 rings (SSSR count). The minimum absolute atomic E-state index is 0.550. The number of unbranched alkanes of at least 4 members (excludes halogenated alkanes) is 1. The average Bonchev–Trinajstić information content (AvgIpc) is 3.21. The van der Waals surface area contributed by atoms with E-state index in [-0.39, 0.29) is 0 Å². The van der Waals surface area contributed by atoms with Crippen LogP contribution in [0, 0.1) is 0 Å². The normalized spacial score (nSPS) is 12.8. The van der Waals surface area contributed by atoms with E-state index in [9.17, 15) is 0 Å². The Kier molecular flexibility index (Phi) is 5.99. The molecule has 0 spiro atoms. The molecule has 4 aromatic rings. The van der Waals surface area contributed by atoms with E-state index in [1.165, 1.54) is 10.9 Å². The molecule has 0 amide bonds. The fraction of sp³-hybridized carbons (Fsp3) is 0.259. The third-order valence-electron chi connectivity index (χ3n) is 5.84. The zero-order valence-corrected chi connectivity index (χ0v) is 18.1. The monoisotopic (exact) mass is 428 g/mol. The minimum atomic E-state index is 0.550. The van der Waals surface area contributed by atoms with E-state index in [1.54, 1.807) is 0 Å². The van der Waals surface area contributed by atoms with Crippen LogP contribution < -0.4 is 19.9 Å². The fourth-order valence-electron chi connectivity index (χ4n) is 4.21. The van der Waals surface area contributed by atoms with Gasteiger partial charge in [-0.15, -0.1) is 0 Å². The van der Waals surface area contributed by atoms with Gasteiger partial charge in [0.25, 0.3) is 0 Å². The highest BCUT2D eigenvalue weighted by Gasteiger charge is 2.17. The van der Waals surface area contributed by atoms with Crippen molar-refractivity contribution in [3.8, 4) is 28.5 Å². The summed E-state index contributed by atoms with van der Waals surface area (Å²) < 4.78 is 17.6. The summed E-state index contributed by atoms with van der Waals surface area (Å²) in [6.45, 7) is 2.42. The first-order valence-corrected chi connectivity index (χ1v) is 11.2. The van der Waals surface area contributed by atoms with Gasteiger partial charge in [0.1, 0.15) is 25.6 Å². The van der Waals surface area contributed by atoms with Gasteiger partial charge in [0.15, 0.2) is 11.5 Å². The van der Waals surface area contributed by atoms with Crippen molar-refractivity contribution in [3.05, 3.63) is 77.9 Å². The van der Waals surface area contributed by atoms with Crippen LogP contribution in [0.15, 0.2) is 66.7 Å². The van der Waals surface area contributed by atoms with Crippen molar-refractivity contribution in [1.82, 2.24) is 4.98 Å². The van der Waals surface area contributed by atoms with Crippen LogP contribution in [0.5, 0.6) is 17.2 Å². The third kappa shape index (κ3) is 4.30. The Morgan fingerprint density at radius 1 is 0.875 bits per heavy atom. The van der Waals surface area contributed by atoms with E-state index >= 15 is 0 Å². The zero-order chi connectivity index (χ0) is 21.8. The van der Waals surface area contributed by atoms with Gasteiger partial charge in [0.05, 0.1) is 0 Å². The molecule has 2 heterocycles. The molecule has 0 saturated carbocycles. The van der Waals surface area contributed by atoms with Gasteiger partial charge in [-0.3, -0.25) is 0 Å². The molecule has 5 nitrogen and oxygen atoms in total. The third-order valence-corrected chi connectivity index (χ3v) is 5.84. The Balaban J connectivity index is 1.49. The molecule has 0 unspecified atom stereocenters. The zero-order valence-electron chi connectivity index (χ0n) is 18.1. The van der Waals surface area contributed by atoms with Crippen LogP contribution in [0.25, 0.3) is 22.2 Å². The van der Waals surface area contributed by atoms with Gasteiger partial charge in [-0.05, 0) is 73.3 Å². The lowest BCUT2D eigenvalue weighted by Gasteiger charge is -2.19. The van der Waals surface area contributed by atoms with E-state index in [0.717, 1.165) is 58.8 Å². The van der Waals surface area contributed by atoms with E-state index < -0.39 is 0 Å². The summed E-state index contributed by atoms with van der Waals surface area (Å²) >= 11 is 0. The molecule has 32 heavy (non-hydrogen) atoms. The molecule has 3 N–H and O–H groups in total. The number of H-pyrrole nitrogens is 1. The Labute approximate surface area is 188 Å². The molecule has 1 aromatic heterocycles. The number of aryl methyl sites for hydroxylation is 1. The summed E-state index contributed by atoms with van der Waals surface area (Å²) in [7, 11) is 0. The molecule has 0 atom stereocenters. The predicted molar refractivity (Wildman–Crippen MR) is 127 cm³/mol. The largest absolute Gasteiger partial charge is 0.489 e. The van der Waals surface area contributed by atoms with Crippen LogP contribution in [0.2, 0.25) is 0 Å². The van der Waals surface area contributed by atoms with Crippen LogP contribution in [0.1, 0.15) is 24.0 Å². The van der Waals surface area contributed by atoms with Crippen molar-refractivity contribution in [2.24, 2.45) is 5.73 Å². The number of aromatic nitrogens is 1. The SMILES string of the molecule is NCCCCc1c(-c2ccc3c(c2)OCCO3)[nH]c2ccc(OCc3ccccc3)cc12. The highest BCUT2D eigenvalue weighted by molar-refractivity contribution is 5.92. The maximum atomic E-state index is 6.10. The predicted octanol–water partition coefficient (Wildman–Crippen LogP) is 5.47. The Hall–Kier alpha value is -3.44. The summed E-state index contributed by atoms with van der Waals surface area (Å²) in [6.07, 6.45) is 2.98. The number of aromatic amines is 1. The Morgan fingerprint density at radius 2 is 1.72 bits per heavy atom. The number of ether oxygens (including phenoxy) is 3. The van der Waals surface area contributed by atoms with Crippen molar-refractivity contribution < 1.29 is 14.2 Å². The molecule has 5 heteroatoms. The molecule has 164 valence electrons. The van der Waals surface area contributed by atoms with Crippen LogP contribution >= 0.6 is 0 Å². The summed E-state index contributed by atoms with van der Waals surface area (Å²) in [5, 5.41) is 1.19. The second-order valence-corrected chi connectivity index (χ2v) is 8.06. The van der Waals surface area contributed by atoms with Crippen molar-refractivity contribution in [2.75, 3.05) is 19.8 Å². The van der Waals surface area contributed by atoms with E-state index in [2.05, 4.69) is 41.4 Å². The van der Waals surface area contributed by atoms with E-state index in [1.807, 2.05) is 30.3 Å². The molecule has 0 bridgehead atoms. The van der Waals surface area contributed by atoms with Crippen LogP contribution in [0.4, 0.5) is 0 Å². The van der Waals surface area contributed by atoms with Gasteiger partial charge in [-0.1, -0.05) is 30.3 Å². The van der Waals surface area contributed by atoms with Crippen LogP contribution in [-0.2, 0) is 13.0 Å². The van der Waals surface area contributed by atoms with Crippen LogP contribution in [-0.4, -0.2) is 24.7 Å². The maximum absolute atomic E-state index is 6.10. The van der Waals surface area contributed by atoms with E-state index in [4.69, 9.17) is 19.9 Å². The summed E-state index contributed by atoms with van der Waals surface area (Å²) in [4.78, 5) is 3.63. The summed E-state index contributed by atoms with van der Waals surface area (Å²) in [5.41, 5.74) is 11.5. The smallest absolute Gasteiger partial charge is 0.162 e. The molecule has 0 saturated heterocycles.